The van der Waals surface area contributed by atoms with Crippen LogP contribution in [0.5, 0.6) is 0 Å². The fourth-order valence-electron chi connectivity index (χ4n) is 2.59. The second-order valence-corrected chi connectivity index (χ2v) is 6.31. The van der Waals surface area contributed by atoms with Gasteiger partial charge in [-0.1, -0.05) is 6.92 Å². The van der Waals surface area contributed by atoms with Crippen molar-refractivity contribution in [1.29, 1.82) is 0 Å². The Morgan fingerprint density at radius 2 is 1.95 bits per heavy atom. The second kappa shape index (κ2) is 6.40. The average Bonchev–Trinajstić information content (AvgIpc) is 2.36. The number of nitrogens with zero attached hydrogens (tertiary/aromatic N) is 1. The molecule has 0 spiro atoms. The predicted octanol–water partition coefficient (Wildman–Crippen LogP) is 2.33. The van der Waals surface area contributed by atoms with Gasteiger partial charge in [0, 0.05) is 18.6 Å². The molecule has 0 radical (unpaired) electrons. The first-order chi connectivity index (χ1) is 8.80. The van der Waals surface area contributed by atoms with E-state index in [9.17, 15) is 9.59 Å². The molecule has 1 unspecified atom stereocenters. The Bertz CT molecular complexity index is 337. The summed E-state index contributed by atoms with van der Waals surface area (Å²) < 4.78 is 0. The Balaban J connectivity index is 2.81. The van der Waals surface area contributed by atoms with Crippen molar-refractivity contribution < 1.29 is 9.59 Å². The van der Waals surface area contributed by atoms with Gasteiger partial charge in [-0.3, -0.25) is 9.59 Å². The Morgan fingerprint density at radius 3 is 2.47 bits per heavy atom. The van der Waals surface area contributed by atoms with Gasteiger partial charge in [0.15, 0.2) is 0 Å². The molecule has 0 aromatic carbocycles. The van der Waals surface area contributed by atoms with Crippen molar-refractivity contribution in [2.24, 2.45) is 5.41 Å². The van der Waals surface area contributed by atoms with E-state index < -0.39 is 5.41 Å². The number of carbonyl (C=O) groups excluding carboxylic acids is 2. The molecule has 1 saturated heterocycles. The molecule has 1 aliphatic rings. The highest BCUT2D eigenvalue weighted by Gasteiger charge is 2.41. The molecule has 1 heterocycles. The van der Waals surface area contributed by atoms with E-state index in [2.05, 4.69) is 12.2 Å². The maximum atomic E-state index is 12.7. The van der Waals surface area contributed by atoms with Gasteiger partial charge in [0.1, 0.15) is 5.41 Å². The standard InChI is InChI=1S/C15H28N2O2/c1-6-12-9-7-8-10-17(12)14(19)15(4,5)13(18)16-11(2)3/h11-12H,6-10H2,1-5H3,(H,16,18). The third-order valence-electron chi connectivity index (χ3n) is 3.88. The molecule has 19 heavy (non-hydrogen) atoms. The molecule has 0 saturated carbocycles. The van der Waals surface area contributed by atoms with Crippen LogP contribution in [0.3, 0.4) is 0 Å². The van der Waals surface area contributed by atoms with Crippen molar-refractivity contribution in [1.82, 2.24) is 10.2 Å². The molecule has 1 fully saturated rings. The number of piperidine rings is 1. The summed E-state index contributed by atoms with van der Waals surface area (Å²) in [4.78, 5) is 26.8. The highest BCUT2D eigenvalue weighted by molar-refractivity contribution is 6.04. The lowest BCUT2D eigenvalue weighted by Gasteiger charge is -2.39. The highest BCUT2D eigenvalue weighted by Crippen LogP contribution is 2.27. The van der Waals surface area contributed by atoms with E-state index in [1.807, 2.05) is 18.7 Å². The number of hydrogen-bond acceptors (Lipinski definition) is 2. The summed E-state index contributed by atoms with van der Waals surface area (Å²) in [5, 5.41) is 2.85. The van der Waals surface area contributed by atoms with Crippen LogP contribution in [0.4, 0.5) is 0 Å². The summed E-state index contributed by atoms with van der Waals surface area (Å²) in [5.74, 6) is -0.204. The predicted molar refractivity (Wildman–Crippen MR) is 76.7 cm³/mol. The normalized spacial score (nSPS) is 20.5. The maximum Gasteiger partial charge on any atom is 0.237 e. The zero-order valence-electron chi connectivity index (χ0n) is 13.0. The number of amides is 2. The Morgan fingerprint density at radius 1 is 1.32 bits per heavy atom. The molecule has 0 aromatic heterocycles. The topological polar surface area (TPSA) is 49.4 Å². The number of rotatable bonds is 4. The minimum atomic E-state index is -0.977. The van der Waals surface area contributed by atoms with Gasteiger partial charge in [0.05, 0.1) is 0 Å². The Labute approximate surface area is 116 Å². The number of carbonyl (C=O) groups is 2. The van der Waals surface area contributed by atoms with Gasteiger partial charge in [-0.05, 0) is 53.4 Å². The summed E-state index contributed by atoms with van der Waals surface area (Å²) in [5.41, 5.74) is -0.977. The first-order valence-corrected chi connectivity index (χ1v) is 7.42. The van der Waals surface area contributed by atoms with E-state index in [-0.39, 0.29) is 17.9 Å². The van der Waals surface area contributed by atoms with Gasteiger partial charge in [0.2, 0.25) is 11.8 Å². The summed E-state index contributed by atoms with van der Waals surface area (Å²) in [6, 6.07) is 0.357. The Kier molecular flexibility index (Phi) is 5.39. The molecule has 1 N–H and O–H groups in total. The van der Waals surface area contributed by atoms with Crippen molar-refractivity contribution in [2.45, 2.75) is 72.4 Å². The van der Waals surface area contributed by atoms with E-state index in [0.29, 0.717) is 6.04 Å². The first-order valence-electron chi connectivity index (χ1n) is 7.42. The van der Waals surface area contributed by atoms with Crippen LogP contribution in [0.2, 0.25) is 0 Å². The molecule has 0 aromatic rings. The van der Waals surface area contributed by atoms with Gasteiger partial charge in [-0.15, -0.1) is 0 Å². The van der Waals surface area contributed by atoms with Crippen LogP contribution in [0, 0.1) is 5.41 Å². The van der Waals surface area contributed by atoms with Crippen LogP contribution < -0.4 is 5.32 Å². The number of hydrogen-bond donors (Lipinski definition) is 1. The van der Waals surface area contributed by atoms with Gasteiger partial charge in [0.25, 0.3) is 0 Å². The van der Waals surface area contributed by atoms with Gasteiger partial charge < -0.3 is 10.2 Å². The smallest absolute Gasteiger partial charge is 0.237 e. The minimum absolute atomic E-state index is 0.0304. The van der Waals surface area contributed by atoms with Crippen molar-refractivity contribution in [3.8, 4) is 0 Å². The largest absolute Gasteiger partial charge is 0.353 e. The van der Waals surface area contributed by atoms with Gasteiger partial charge in [-0.25, -0.2) is 0 Å². The van der Waals surface area contributed by atoms with E-state index in [1.54, 1.807) is 13.8 Å². The Hall–Kier alpha value is -1.06. The van der Waals surface area contributed by atoms with Crippen LogP contribution in [0.25, 0.3) is 0 Å². The third kappa shape index (κ3) is 3.71. The molecular weight excluding hydrogens is 240 g/mol. The first kappa shape index (κ1) is 16.0. The molecule has 2 amide bonds. The second-order valence-electron chi connectivity index (χ2n) is 6.31. The van der Waals surface area contributed by atoms with Crippen molar-refractivity contribution in [3.05, 3.63) is 0 Å². The van der Waals surface area contributed by atoms with E-state index in [0.717, 1.165) is 25.8 Å². The zero-order chi connectivity index (χ0) is 14.6. The number of likely N-dealkylation sites (tertiary alicyclic amines) is 1. The number of nitrogens with one attached hydrogen (secondary N) is 1. The summed E-state index contributed by atoms with van der Waals surface area (Å²) in [7, 11) is 0. The average molecular weight is 268 g/mol. The van der Waals surface area contributed by atoms with Crippen LogP contribution in [-0.4, -0.2) is 35.3 Å². The van der Waals surface area contributed by atoms with Crippen molar-refractivity contribution >= 4 is 11.8 Å². The van der Waals surface area contributed by atoms with Crippen LogP contribution in [0.15, 0.2) is 0 Å². The van der Waals surface area contributed by atoms with E-state index >= 15 is 0 Å². The maximum absolute atomic E-state index is 12.7. The molecule has 4 heteroatoms. The van der Waals surface area contributed by atoms with E-state index in [1.165, 1.54) is 6.42 Å². The van der Waals surface area contributed by atoms with Crippen LogP contribution in [-0.2, 0) is 9.59 Å². The third-order valence-corrected chi connectivity index (χ3v) is 3.88. The lowest BCUT2D eigenvalue weighted by Crippen LogP contribution is -2.54. The summed E-state index contributed by atoms with van der Waals surface area (Å²) >= 11 is 0. The molecule has 0 bridgehead atoms. The van der Waals surface area contributed by atoms with Crippen molar-refractivity contribution in [2.75, 3.05) is 6.54 Å². The molecule has 1 rings (SSSR count). The highest BCUT2D eigenvalue weighted by atomic mass is 16.2. The van der Waals surface area contributed by atoms with Crippen LogP contribution in [0.1, 0.15) is 60.3 Å². The molecule has 4 nitrogen and oxygen atoms in total. The molecule has 110 valence electrons. The molecule has 0 aliphatic carbocycles. The zero-order valence-corrected chi connectivity index (χ0v) is 13.0. The van der Waals surface area contributed by atoms with Gasteiger partial charge in [-0.2, -0.15) is 0 Å². The van der Waals surface area contributed by atoms with Gasteiger partial charge >= 0.3 is 0 Å². The lowest BCUT2D eigenvalue weighted by atomic mass is 9.87. The fourth-order valence-corrected chi connectivity index (χ4v) is 2.59. The summed E-state index contributed by atoms with van der Waals surface area (Å²) in [6.45, 7) is 10.2. The fraction of sp³-hybridized carbons (Fsp3) is 0.867. The molecular formula is C15H28N2O2. The monoisotopic (exact) mass is 268 g/mol. The minimum Gasteiger partial charge on any atom is -0.353 e. The van der Waals surface area contributed by atoms with Crippen molar-refractivity contribution in [3.63, 3.8) is 0 Å². The molecule has 1 aliphatic heterocycles. The quantitative estimate of drug-likeness (QED) is 0.796. The van der Waals surface area contributed by atoms with E-state index in [4.69, 9.17) is 0 Å². The SMILES string of the molecule is CCC1CCCCN1C(=O)C(C)(C)C(=O)NC(C)C. The summed E-state index contributed by atoms with van der Waals surface area (Å²) in [6.07, 6.45) is 4.25. The molecule has 1 atom stereocenters. The van der Waals surface area contributed by atoms with Crippen LogP contribution >= 0.6 is 0 Å². The lowest BCUT2D eigenvalue weighted by molar-refractivity contribution is -0.151.